The fourth-order valence-electron chi connectivity index (χ4n) is 3.56. The Labute approximate surface area is 155 Å². The number of sulfone groups is 1. The fraction of sp³-hybridized carbons (Fsp3) is 0.529. The lowest BCUT2D eigenvalue weighted by Crippen LogP contribution is -2.37. The van der Waals surface area contributed by atoms with Gasteiger partial charge in [0.2, 0.25) is 0 Å². The number of anilines is 1. The molecule has 138 valence electrons. The van der Waals surface area contributed by atoms with E-state index in [4.69, 9.17) is 9.47 Å². The van der Waals surface area contributed by atoms with Crippen molar-refractivity contribution in [2.24, 2.45) is 10.9 Å². The van der Waals surface area contributed by atoms with Crippen LogP contribution in [0.2, 0.25) is 0 Å². The highest BCUT2D eigenvalue weighted by atomic mass is 32.2. The summed E-state index contributed by atoms with van der Waals surface area (Å²) in [6.45, 7) is 0.990. The van der Waals surface area contributed by atoms with Gasteiger partial charge < -0.3 is 14.4 Å². The number of rotatable bonds is 2. The van der Waals surface area contributed by atoms with Gasteiger partial charge in [0, 0.05) is 22.9 Å². The number of amidine groups is 1. The summed E-state index contributed by atoms with van der Waals surface area (Å²) in [5.74, 6) is 1.45. The standard InChI is InChI=1S/C17H18N2O5S2/c20-16(10-1-2-10)18-17-19(12-8-26(21,22)9-15(12)25-17)11-3-4-13-14(7-11)24-6-5-23-13/h3-4,7,10,12,15H,1-2,5-6,8-9H2/t12-,15+/m1/s1. The molecular weight excluding hydrogens is 376 g/mol. The van der Waals surface area contributed by atoms with E-state index in [2.05, 4.69) is 4.99 Å². The summed E-state index contributed by atoms with van der Waals surface area (Å²) in [4.78, 5) is 18.5. The van der Waals surface area contributed by atoms with Gasteiger partial charge in [-0.1, -0.05) is 11.8 Å². The molecule has 0 unspecified atom stereocenters. The highest BCUT2D eigenvalue weighted by Gasteiger charge is 2.49. The van der Waals surface area contributed by atoms with Gasteiger partial charge in [-0.15, -0.1) is 0 Å². The third-order valence-corrected chi connectivity index (χ3v) is 8.21. The number of thioether (sulfide) groups is 1. The van der Waals surface area contributed by atoms with E-state index in [1.807, 2.05) is 23.1 Å². The third kappa shape index (κ3) is 2.87. The van der Waals surface area contributed by atoms with Gasteiger partial charge in [-0.25, -0.2) is 8.42 Å². The molecule has 3 aliphatic heterocycles. The molecule has 0 bridgehead atoms. The number of nitrogens with zero attached hydrogens (tertiary/aromatic N) is 2. The lowest BCUT2D eigenvalue weighted by atomic mass is 10.2. The Hall–Kier alpha value is -1.74. The van der Waals surface area contributed by atoms with Crippen molar-refractivity contribution in [3.8, 4) is 11.5 Å². The van der Waals surface area contributed by atoms with E-state index in [9.17, 15) is 13.2 Å². The van der Waals surface area contributed by atoms with Crippen LogP contribution in [0, 0.1) is 5.92 Å². The zero-order chi connectivity index (χ0) is 17.9. The number of carbonyl (C=O) groups excluding carboxylic acids is 1. The monoisotopic (exact) mass is 394 g/mol. The van der Waals surface area contributed by atoms with Gasteiger partial charge in [0.15, 0.2) is 26.5 Å². The topological polar surface area (TPSA) is 85.3 Å². The first-order chi connectivity index (χ1) is 12.5. The van der Waals surface area contributed by atoms with Crippen LogP contribution in [0.25, 0.3) is 0 Å². The number of hydrogen-bond donors (Lipinski definition) is 0. The van der Waals surface area contributed by atoms with Crippen molar-refractivity contribution in [3.63, 3.8) is 0 Å². The number of fused-ring (bicyclic) bond motifs is 2. The second-order valence-corrected chi connectivity index (χ2v) is 10.4. The lowest BCUT2D eigenvalue weighted by Gasteiger charge is -2.26. The predicted octanol–water partition coefficient (Wildman–Crippen LogP) is 1.47. The van der Waals surface area contributed by atoms with Crippen molar-refractivity contribution in [2.45, 2.75) is 24.1 Å². The van der Waals surface area contributed by atoms with E-state index < -0.39 is 9.84 Å². The van der Waals surface area contributed by atoms with Crippen molar-refractivity contribution in [2.75, 3.05) is 29.6 Å². The van der Waals surface area contributed by atoms with Gasteiger partial charge in [0.05, 0.1) is 17.5 Å². The van der Waals surface area contributed by atoms with Crippen molar-refractivity contribution in [1.29, 1.82) is 0 Å². The first-order valence-corrected chi connectivity index (χ1v) is 11.4. The SMILES string of the molecule is O=C(N=C1S[C@H]2CS(=O)(=O)C[C@H]2N1c1ccc2c(c1)OCCO2)C1CC1. The molecule has 1 aliphatic carbocycles. The molecule has 5 rings (SSSR count). The Balaban J connectivity index is 1.54. The number of aliphatic imine (C=N–C) groups is 1. The summed E-state index contributed by atoms with van der Waals surface area (Å²) in [7, 11) is -3.08. The van der Waals surface area contributed by atoms with E-state index >= 15 is 0 Å². The van der Waals surface area contributed by atoms with Crippen LogP contribution in [0.4, 0.5) is 5.69 Å². The molecule has 1 saturated carbocycles. The molecule has 2 saturated heterocycles. The van der Waals surface area contributed by atoms with E-state index in [0.717, 1.165) is 18.5 Å². The Kier molecular flexibility index (Phi) is 3.72. The first-order valence-electron chi connectivity index (χ1n) is 8.69. The minimum Gasteiger partial charge on any atom is -0.486 e. The summed E-state index contributed by atoms with van der Waals surface area (Å²) in [5.41, 5.74) is 0.786. The summed E-state index contributed by atoms with van der Waals surface area (Å²) < 4.78 is 35.4. The second kappa shape index (κ2) is 5.88. The second-order valence-electron chi connectivity index (χ2n) is 7.01. The molecule has 1 amide bonds. The molecule has 0 radical (unpaired) electrons. The lowest BCUT2D eigenvalue weighted by molar-refractivity contribution is -0.118. The molecule has 4 aliphatic rings. The van der Waals surface area contributed by atoms with Gasteiger partial charge in [0.1, 0.15) is 13.2 Å². The normalized spacial score (nSPS) is 30.5. The Morgan fingerprint density at radius 3 is 2.69 bits per heavy atom. The Morgan fingerprint density at radius 1 is 1.15 bits per heavy atom. The van der Waals surface area contributed by atoms with Crippen LogP contribution in [0.15, 0.2) is 23.2 Å². The Bertz CT molecular complexity index is 910. The van der Waals surface area contributed by atoms with Crippen LogP contribution >= 0.6 is 11.8 Å². The summed E-state index contributed by atoms with van der Waals surface area (Å²) in [6.07, 6.45) is 1.79. The van der Waals surface area contributed by atoms with Crippen molar-refractivity contribution < 1.29 is 22.7 Å². The number of amides is 1. The van der Waals surface area contributed by atoms with E-state index in [0.29, 0.717) is 29.9 Å². The molecule has 0 N–H and O–H groups in total. The smallest absolute Gasteiger partial charge is 0.251 e. The first kappa shape index (κ1) is 16.4. The van der Waals surface area contributed by atoms with Crippen molar-refractivity contribution >= 4 is 38.4 Å². The minimum absolute atomic E-state index is 0.0365. The minimum atomic E-state index is -3.08. The molecule has 9 heteroatoms. The zero-order valence-corrected chi connectivity index (χ0v) is 15.6. The third-order valence-electron chi connectivity index (χ3n) is 5.00. The molecule has 1 aromatic carbocycles. The van der Waals surface area contributed by atoms with Crippen LogP contribution < -0.4 is 14.4 Å². The van der Waals surface area contributed by atoms with Gasteiger partial charge in [-0.3, -0.25) is 4.79 Å². The predicted molar refractivity (Wildman–Crippen MR) is 98.9 cm³/mol. The highest BCUT2D eigenvalue weighted by molar-refractivity contribution is 8.16. The van der Waals surface area contributed by atoms with Gasteiger partial charge in [-0.05, 0) is 25.0 Å². The molecule has 2 atom stereocenters. The average Bonchev–Trinajstić information content (AvgIpc) is 3.35. The maximum absolute atomic E-state index is 12.2. The molecule has 3 fully saturated rings. The van der Waals surface area contributed by atoms with Crippen LogP contribution in [-0.2, 0) is 14.6 Å². The molecule has 3 heterocycles. The summed E-state index contributed by atoms with van der Waals surface area (Å²) in [6, 6.07) is 5.34. The Morgan fingerprint density at radius 2 is 1.92 bits per heavy atom. The van der Waals surface area contributed by atoms with Crippen LogP contribution in [0.3, 0.4) is 0 Å². The van der Waals surface area contributed by atoms with Crippen LogP contribution in [0.1, 0.15) is 12.8 Å². The number of ether oxygens (including phenoxy) is 2. The fourth-order valence-corrected chi connectivity index (χ4v) is 7.48. The van der Waals surface area contributed by atoms with Gasteiger partial charge in [-0.2, -0.15) is 4.99 Å². The maximum Gasteiger partial charge on any atom is 0.251 e. The number of benzene rings is 1. The summed E-state index contributed by atoms with van der Waals surface area (Å²) >= 11 is 1.40. The van der Waals surface area contributed by atoms with E-state index in [1.165, 1.54) is 11.8 Å². The largest absolute Gasteiger partial charge is 0.486 e. The summed E-state index contributed by atoms with van der Waals surface area (Å²) in [5, 5.41) is 0.502. The maximum atomic E-state index is 12.2. The zero-order valence-electron chi connectivity index (χ0n) is 14.0. The van der Waals surface area contributed by atoms with Gasteiger partial charge >= 0.3 is 0 Å². The molecule has 0 spiro atoms. The molecule has 0 aromatic heterocycles. The number of carbonyl (C=O) groups is 1. The van der Waals surface area contributed by atoms with E-state index in [1.54, 1.807) is 0 Å². The highest BCUT2D eigenvalue weighted by Crippen LogP contribution is 2.44. The molecule has 7 nitrogen and oxygen atoms in total. The molecule has 26 heavy (non-hydrogen) atoms. The molecular formula is C17H18N2O5S2. The van der Waals surface area contributed by atoms with Crippen molar-refractivity contribution in [3.05, 3.63) is 18.2 Å². The van der Waals surface area contributed by atoms with Crippen LogP contribution in [-0.4, -0.2) is 55.5 Å². The molecule has 1 aromatic rings. The number of hydrogen-bond acceptors (Lipinski definition) is 6. The quantitative estimate of drug-likeness (QED) is 0.751. The van der Waals surface area contributed by atoms with E-state index in [-0.39, 0.29) is 34.6 Å². The van der Waals surface area contributed by atoms with Crippen molar-refractivity contribution in [1.82, 2.24) is 0 Å². The average molecular weight is 394 g/mol. The van der Waals surface area contributed by atoms with Crippen LogP contribution in [0.5, 0.6) is 11.5 Å². The van der Waals surface area contributed by atoms with Gasteiger partial charge in [0.25, 0.3) is 5.91 Å².